The molecule has 3 N–H and O–H groups in total. The molecule has 3 rings (SSSR count). The normalized spacial score (nSPS) is 21.5. The third kappa shape index (κ3) is 3.48. The molecule has 7 nitrogen and oxygen atoms in total. The Morgan fingerprint density at radius 1 is 1.36 bits per heavy atom. The number of hydrogen-bond acceptors (Lipinski definition) is 5. The fourth-order valence-corrected chi connectivity index (χ4v) is 2.86. The van der Waals surface area contributed by atoms with Crippen LogP contribution >= 0.6 is 0 Å². The van der Waals surface area contributed by atoms with Gasteiger partial charge >= 0.3 is 0 Å². The lowest BCUT2D eigenvalue weighted by atomic mass is 9.83. The standard InChI is InChI=1S/C15H20N6O/c16-13-4-2-1-3-11(13)7-15(22)20-12-5-6-14(18-8-12)21-10-17-9-19-21/h5-6,8-11,13H,1-4,7,16H2,(H,20,22). The van der Waals surface area contributed by atoms with Crippen molar-refractivity contribution in [3.05, 3.63) is 31.0 Å². The monoisotopic (exact) mass is 300 g/mol. The van der Waals surface area contributed by atoms with E-state index < -0.39 is 0 Å². The number of aromatic nitrogens is 4. The van der Waals surface area contributed by atoms with Gasteiger partial charge in [0.25, 0.3) is 0 Å². The van der Waals surface area contributed by atoms with Crippen molar-refractivity contribution < 1.29 is 4.79 Å². The topological polar surface area (TPSA) is 98.7 Å². The first kappa shape index (κ1) is 14.6. The van der Waals surface area contributed by atoms with Crippen molar-refractivity contribution in [2.75, 3.05) is 5.32 Å². The quantitative estimate of drug-likeness (QED) is 0.891. The maximum absolute atomic E-state index is 12.1. The number of anilines is 1. The van der Waals surface area contributed by atoms with E-state index in [4.69, 9.17) is 5.73 Å². The van der Waals surface area contributed by atoms with Crippen LogP contribution in [-0.4, -0.2) is 31.7 Å². The number of carbonyl (C=O) groups excluding carboxylic acids is 1. The Kier molecular flexibility index (Phi) is 4.43. The highest BCUT2D eigenvalue weighted by Crippen LogP contribution is 2.26. The van der Waals surface area contributed by atoms with E-state index in [-0.39, 0.29) is 17.9 Å². The number of hydrogen-bond donors (Lipinski definition) is 2. The van der Waals surface area contributed by atoms with E-state index in [2.05, 4.69) is 20.4 Å². The lowest BCUT2D eigenvalue weighted by Crippen LogP contribution is -2.35. The van der Waals surface area contributed by atoms with E-state index in [0.29, 0.717) is 17.9 Å². The molecule has 2 unspecified atom stereocenters. The second-order valence-electron chi connectivity index (χ2n) is 5.71. The van der Waals surface area contributed by atoms with Gasteiger partial charge < -0.3 is 11.1 Å². The number of rotatable bonds is 4. The van der Waals surface area contributed by atoms with Crippen molar-refractivity contribution in [2.45, 2.75) is 38.1 Å². The Labute approximate surface area is 129 Å². The summed E-state index contributed by atoms with van der Waals surface area (Å²) >= 11 is 0. The molecular formula is C15H20N6O. The Bertz CT molecular complexity index is 609. The molecule has 0 radical (unpaired) electrons. The summed E-state index contributed by atoms with van der Waals surface area (Å²) in [6.45, 7) is 0. The number of nitrogens with two attached hydrogens (primary N) is 1. The Morgan fingerprint density at radius 2 is 2.23 bits per heavy atom. The predicted molar refractivity (Wildman–Crippen MR) is 82.3 cm³/mol. The lowest BCUT2D eigenvalue weighted by molar-refractivity contribution is -0.117. The summed E-state index contributed by atoms with van der Waals surface area (Å²) < 4.78 is 1.56. The molecule has 2 aromatic heterocycles. The number of amides is 1. The van der Waals surface area contributed by atoms with E-state index in [0.717, 1.165) is 12.8 Å². The van der Waals surface area contributed by atoms with Gasteiger partial charge in [-0.2, -0.15) is 5.10 Å². The molecule has 0 aliphatic heterocycles. The minimum Gasteiger partial charge on any atom is -0.327 e. The first-order valence-corrected chi connectivity index (χ1v) is 7.59. The minimum atomic E-state index is -0.00217. The minimum absolute atomic E-state index is 0.00217. The van der Waals surface area contributed by atoms with Gasteiger partial charge in [0, 0.05) is 12.5 Å². The highest BCUT2D eigenvalue weighted by molar-refractivity contribution is 5.90. The van der Waals surface area contributed by atoms with Gasteiger partial charge in [0.2, 0.25) is 5.91 Å². The lowest BCUT2D eigenvalue weighted by Gasteiger charge is -2.27. The van der Waals surface area contributed by atoms with E-state index in [1.165, 1.54) is 19.2 Å². The summed E-state index contributed by atoms with van der Waals surface area (Å²) in [5, 5.41) is 6.88. The van der Waals surface area contributed by atoms with Crippen LogP contribution in [-0.2, 0) is 4.79 Å². The SMILES string of the molecule is NC1CCCCC1CC(=O)Nc1ccc(-n2cncn2)nc1. The molecular weight excluding hydrogens is 280 g/mol. The number of pyridine rings is 1. The molecule has 1 amide bonds. The average Bonchev–Trinajstić information content (AvgIpc) is 3.05. The second-order valence-corrected chi connectivity index (χ2v) is 5.71. The summed E-state index contributed by atoms with van der Waals surface area (Å²) in [6, 6.07) is 3.74. The molecule has 0 aromatic carbocycles. The number of nitrogens with one attached hydrogen (secondary N) is 1. The van der Waals surface area contributed by atoms with Gasteiger partial charge in [0.15, 0.2) is 5.82 Å². The highest BCUT2D eigenvalue weighted by Gasteiger charge is 2.24. The average molecular weight is 300 g/mol. The first-order chi connectivity index (χ1) is 10.7. The highest BCUT2D eigenvalue weighted by atomic mass is 16.1. The smallest absolute Gasteiger partial charge is 0.224 e. The van der Waals surface area contributed by atoms with Crippen molar-refractivity contribution in [1.29, 1.82) is 0 Å². The molecule has 116 valence electrons. The molecule has 2 atom stereocenters. The first-order valence-electron chi connectivity index (χ1n) is 7.59. The van der Waals surface area contributed by atoms with E-state index in [1.54, 1.807) is 23.3 Å². The molecule has 0 saturated heterocycles. The van der Waals surface area contributed by atoms with Crippen LogP contribution < -0.4 is 11.1 Å². The second kappa shape index (κ2) is 6.65. The van der Waals surface area contributed by atoms with E-state index in [1.807, 2.05) is 6.07 Å². The molecule has 22 heavy (non-hydrogen) atoms. The molecule has 2 heterocycles. The molecule has 2 aromatic rings. The van der Waals surface area contributed by atoms with Gasteiger partial charge in [-0.1, -0.05) is 12.8 Å². The zero-order chi connectivity index (χ0) is 15.4. The fourth-order valence-electron chi connectivity index (χ4n) is 2.86. The Balaban J connectivity index is 1.57. The summed E-state index contributed by atoms with van der Waals surface area (Å²) in [6.07, 6.45) is 9.52. The van der Waals surface area contributed by atoms with Crippen molar-refractivity contribution >= 4 is 11.6 Å². The molecule has 1 aliphatic rings. The Morgan fingerprint density at radius 3 is 2.91 bits per heavy atom. The van der Waals surface area contributed by atoms with Crippen LogP contribution in [0.4, 0.5) is 5.69 Å². The summed E-state index contributed by atoms with van der Waals surface area (Å²) in [7, 11) is 0. The van der Waals surface area contributed by atoms with Crippen LogP contribution in [0.15, 0.2) is 31.0 Å². The maximum Gasteiger partial charge on any atom is 0.224 e. The van der Waals surface area contributed by atoms with Crippen LogP contribution in [0.25, 0.3) is 5.82 Å². The Hall–Kier alpha value is -2.28. The fraction of sp³-hybridized carbons (Fsp3) is 0.467. The molecule has 1 aliphatic carbocycles. The summed E-state index contributed by atoms with van der Waals surface area (Å²) in [5.41, 5.74) is 6.77. The van der Waals surface area contributed by atoms with Crippen molar-refractivity contribution in [3.63, 3.8) is 0 Å². The summed E-state index contributed by atoms with van der Waals surface area (Å²) in [5.74, 6) is 0.943. The molecule has 1 saturated carbocycles. The summed E-state index contributed by atoms with van der Waals surface area (Å²) in [4.78, 5) is 20.2. The van der Waals surface area contributed by atoms with Gasteiger partial charge in [-0.25, -0.2) is 14.6 Å². The largest absolute Gasteiger partial charge is 0.327 e. The third-order valence-corrected chi connectivity index (χ3v) is 4.10. The van der Waals surface area contributed by atoms with E-state index in [9.17, 15) is 4.79 Å². The van der Waals surface area contributed by atoms with Crippen molar-refractivity contribution in [1.82, 2.24) is 19.7 Å². The maximum atomic E-state index is 12.1. The zero-order valence-electron chi connectivity index (χ0n) is 12.4. The zero-order valence-corrected chi connectivity index (χ0v) is 12.4. The molecule has 1 fully saturated rings. The molecule has 0 bridgehead atoms. The van der Waals surface area contributed by atoms with Crippen LogP contribution in [0.2, 0.25) is 0 Å². The molecule has 7 heteroatoms. The predicted octanol–water partition coefficient (Wildman–Crippen LogP) is 1.51. The van der Waals surface area contributed by atoms with Gasteiger partial charge in [0.05, 0.1) is 11.9 Å². The van der Waals surface area contributed by atoms with Gasteiger partial charge in [-0.05, 0) is 30.9 Å². The van der Waals surface area contributed by atoms with Crippen LogP contribution in [0.1, 0.15) is 32.1 Å². The van der Waals surface area contributed by atoms with Gasteiger partial charge in [0.1, 0.15) is 12.7 Å². The number of nitrogens with zero attached hydrogens (tertiary/aromatic N) is 4. The van der Waals surface area contributed by atoms with Gasteiger partial charge in [-0.3, -0.25) is 4.79 Å². The van der Waals surface area contributed by atoms with Crippen LogP contribution in [0, 0.1) is 5.92 Å². The van der Waals surface area contributed by atoms with Crippen molar-refractivity contribution in [2.24, 2.45) is 11.7 Å². The van der Waals surface area contributed by atoms with Crippen LogP contribution in [0.3, 0.4) is 0 Å². The molecule has 0 spiro atoms. The van der Waals surface area contributed by atoms with Gasteiger partial charge in [-0.15, -0.1) is 0 Å². The third-order valence-electron chi connectivity index (χ3n) is 4.10. The van der Waals surface area contributed by atoms with E-state index >= 15 is 0 Å². The van der Waals surface area contributed by atoms with Crippen molar-refractivity contribution in [3.8, 4) is 5.82 Å². The number of carbonyl (C=O) groups is 1. The van der Waals surface area contributed by atoms with Crippen LogP contribution in [0.5, 0.6) is 0 Å².